The Hall–Kier alpha value is -2.47. The number of pyridine rings is 1. The van der Waals surface area contributed by atoms with Gasteiger partial charge in [-0.15, -0.1) is 0 Å². The number of nitrogens with zero attached hydrogens (tertiary/aromatic N) is 2. The molecule has 4 rings (SSSR count). The predicted octanol–water partition coefficient (Wildman–Crippen LogP) is 2.64. The topological polar surface area (TPSA) is 54.3 Å². The summed E-state index contributed by atoms with van der Waals surface area (Å²) >= 11 is 0. The summed E-state index contributed by atoms with van der Waals surface area (Å²) in [6.07, 6.45) is 5.90. The number of aromatic nitrogens is 1. The Morgan fingerprint density at radius 3 is 2.56 bits per heavy atom. The monoisotopic (exact) mass is 369 g/mol. The number of benzene rings is 1. The standard InChI is InChI=1S/C21H24FN3O2/c1-14-10-13-25(16-8-6-15(22)7-9-16)21(27)19(14)20(26)23-17-4-2-11-24-12-3-5-18(17)24/h6-10,13,17-18H,2-5,11-12H2,1H3,(H,23,26)/t17-,18-/m0/s1. The van der Waals surface area contributed by atoms with E-state index in [1.54, 1.807) is 19.2 Å². The number of piperidine rings is 1. The van der Waals surface area contributed by atoms with Crippen LogP contribution < -0.4 is 10.9 Å². The predicted molar refractivity (Wildman–Crippen MR) is 102 cm³/mol. The maximum absolute atomic E-state index is 13.2. The van der Waals surface area contributed by atoms with Gasteiger partial charge in [-0.25, -0.2) is 4.39 Å². The Bertz CT molecular complexity index is 907. The first-order valence-corrected chi connectivity index (χ1v) is 9.58. The number of fused-ring (bicyclic) bond motifs is 1. The van der Waals surface area contributed by atoms with Crippen LogP contribution in [0.15, 0.2) is 41.3 Å². The second-order valence-electron chi connectivity index (χ2n) is 7.49. The van der Waals surface area contributed by atoms with Crippen LogP contribution in [0.4, 0.5) is 4.39 Å². The number of carbonyl (C=O) groups excluding carboxylic acids is 1. The molecule has 1 amide bonds. The molecule has 5 nitrogen and oxygen atoms in total. The van der Waals surface area contributed by atoms with Crippen molar-refractivity contribution in [2.75, 3.05) is 13.1 Å². The van der Waals surface area contributed by atoms with Crippen molar-refractivity contribution in [2.24, 2.45) is 0 Å². The lowest BCUT2D eigenvalue weighted by Gasteiger charge is -2.37. The summed E-state index contributed by atoms with van der Waals surface area (Å²) in [7, 11) is 0. The van der Waals surface area contributed by atoms with Gasteiger partial charge >= 0.3 is 0 Å². The van der Waals surface area contributed by atoms with E-state index in [1.807, 2.05) is 0 Å². The maximum atomic E-state index is 13.2. The molecule has 1 aromatic heterocycles. The quantitative estimate of drug-likeness (QED) is 0.905. The largest absolute Gasteiger partial charge is 0.348 e. The molecule has 1 aromatic carbocycles. The summed E-state index contributed by atoms with van der Waals surface area (Å²) in [5.74, 6) is -0.678. The molecule has 27 heavy (non-hydrogen) atoms. The third-order valence-corrected chi connectivity index (χ3v) is 5.79. The second-order valence-corrected chi connectivity index (χ2v) is 7.49. The number of aryl methyl sites for hydroxylation is 1. The number of amides is 1. The van der Waals surface area contributed by atoms with Gasteiger partial charge in [-0.1, -0.05) is 0 Å². The molecule has 2 saturated heterocycles. The van der Waals surface area contributed by atoms with Crippen LogP contribution in [0.2, 0.25) is 0 Å². The molecule has 2 atom stereocenters. The molecule has 0 spiro atoms. The first-order valence-electron chi connectivity index (χ1n) is 9.58. The molecule has 2 aliphatic rings. The van der Waals surface area contributed by atoms with Crippen LogP contribution in [-0.2, 0) is 0 Å². The van der Waals surface area contributed by atoms with E-state index < -0.39 is 0 Å². The van der Waals surface area contributed by atoms with Gasteiger partial charge in [-0.05, 0) is 81.6 Å². The zero-order chi connectivity index (χ0) is 19.0. The van der Waals surface area contributed by atoms with E-state index in [1.165, 1.54) is 35.3 Å². The van der Waals surface area contributed by atoms with E-state index in [0.29, 0.717) is 17.3 Å². The van der Waals surface area contributed by atoms with E-state index in [9.17, 15) is 14.0 Å². The Balaban J connectivity index is 1.62. The highest BCUT2D eigenvalue weighted by Crippen LogP contribution is 2.27. The van der Waals surface area contributed by atoms with Crippen LogP contribution in [-0.4, -0.2) is 40.5 Å². The van der Waals surface area contributed by atoms with Gasteiger partial charge in [0, 0.05) is 24.0 Å². The lowest BCUT2D eigenvalue weighted by Crippen LogP contribution is -2.53. The smallest absolute Gasteiger partial charge is 0.268 e. The Morgan fingerprint density at radius 2 is 1.81 bits per heavy atom. The second kappa shape index (κ2) is 7.27. The molecule has 0 bridgehead atoms. The molecule has 142 valence electrons. The minimum absolute atomic E-state index is 0.0898. The zero-order valence-electron chi connectivity index (χ0n) is 15.5. The average Bonchev–Trinajstić information content (AvgIpc) is 3.13. The Labute approximate surface area is 157 Å². The van der Waals surface area contributed by atoms with Gasteiger partial charge in [0.2, 0.25) is 0 Å². The summed E-state index contributed by atoms with van der Waals surface area (Å²) in [4.78, 5) is 28.4. The molecule has 2 aliphatic heterocycles. The van der Waals surface area contributed by atoms with Crippen molar-refractivity contribution >= 4 is 5.91 Å². The van der Waals surface area contributed by atoms with Crippen LogP contribution in [0.3, 0.4) is 0 Å². The molecule has 0 unspecified atom stereocenters. The molecule has 3 heterocycles. The summed E-state index contributed by atoms with van der Waals surface area (Å²) in [6, 6.07) is 7.90. The molecule has 2 fully saturated rings. The highest BCUT2D eigenvalue weighted by atomic mass is 19.1. The number of nitrogens with one attached hydrogen (secondary N) is 1. The lowest BCUT2D eigenvalue weighted by molar-refractivity contribution is 0.0865. The van der Waals surface area contributed by atoms with Crippen molar-refractivity contribution in [2.45, 2.75) is 44.7 Å². The number of carbonyl (C=O) groups is 1. The molecule has 6 heteroatoms. The lowest BCUT2D eigenvalue weighted by atomic mass is 9.96. The molecule has 1 N–H and O–H groups in total. The first-order chi connectivity index (χ1) is 13.0. The number of hydrogen-bond acceptors (Lipinski definition) is 3. The molecular weight excluding hydrogens is 345 g/mol. The van der Waals surface area contributed by atoms with Crippen molar-refractivity contribution in [3.63, 3.8) is 0 Å². The SMILES string of the molecule is Cc1ccn(-c2ccc(F)cc2)c(=O)c1C(=O)N[C@H]1CCCN2CCC[C@@H]12. The molecule has 2 aromatic rings. The van der Waals surface area contributed by atoms with Gasteiger partial charge in [0.25, 0.3) is 11.5 Å². The number of rotatable bonds is 3. The van der Waals surface area contributed by atoms with Crippen LogP contribution in [0.25, 0.3) is 5.69 Å². The van der Waals surface area contributed by atoms with Gasteiger partial charge in [0.05, 0.1) is 0 Å². The van der Waals surface area contributed by atoms with E-state index >= 15 is 0 Å². The maximum Gasteiger partial charge on any atom is 0.268 e. The molecule has 0 saturated carbocycles. The molecular formula is C21H24FN3O2. The van der Waals surface area contributed by atoms with E-state index in [4.69, 9.17) is 0 Å². The average molecular weight is 369 g/mol. The number of hydrogen-bond donors (Lipinski definition) is 1. The van der Waals surface area contributed by atoms with Crippen LogP contribution in [0, 0.1) is 12.7 Å². The zero-order valence-corrected chi connectivity index (χ0v) is 15.5. The summed E-state index contributed by atoms with van der Waals surface area (Å²) in [5.41, 5.74) is 0.972. The normalized spacial score (nSPS) is 22.4. The van der Waals surface area contributed by atoms with Crippen LogP contribution in [0.5, 0.6) is 0 Å². The van der Waals surface area contributed by atoms with Crippen molar-refractivity contribution < 1.29 is 9.18 Å². The first kappa shape index (κ1) is 17.9. The minimum atomic E-state index is -0.377. The Morgan fingerprint density at radius 1 is 1.11 bits per heavy atom. The fraction of sp³-hybridized carbons (Fsp3) is 0.429. The third kappa shape index (κ3) is 3.41. The van der Waals surface area contributed by atoms with Crippen molar-refractivity contribution in [1.82, 2.24) is 14.8 Å². The van der Waals surface area contributed by atoms with Crippen LogP contribution in [0.1, 0.15) is 41.6 Å². The van der Waals surface area contributed by atoms with Gasteiger partial charge in [0.15, 0.2) is 0 Å². The van der Waals surface area contributed by atoms with E-state index in [0.717, 1.165) is 32.4 Å². The molecule has 0 aliphatic carbocycles. The minimum Gasteiger partial charge on any atom is -0.348 e. The van der Waals surface area contributed by atoms with Crippen molar-refractivity contribution in [3.05, 3.63) is 63.8 Å². The molecule has 0 radical (unpaired) electrons. The summed E-state index contributed by atoms with van der Waals surface area (Å²) in [6.45, 7) is 3.96. The van der Waals surface area contributed by atoms with Crippen molar-refractivity contribution in [3.8, 4) is 5.69 Å². The van der Waals surface area contributed by atoms with Gasteiger partial charge < -0.3 is 5.32 Å². The summed E-state index contributed by atoms with van der Waals surface area (Å²) < 4.78 is 14.6. The van der Waals surface area contributed by atoms with Gasteiger partial charge in [-0.2, -0.15) is 0 Å². The Kier molecular flexibility index (Phi) is 4.83. The fourth-order valence-electron chi connectivity index (χ4n) is 4.41. The van der Waals surface area contributed by atoms with E-state index in [2.05, 4.69) is 10.2 Å². The highest BCUT2D eigenvalue weighted by molar-refractivity contribution is 5.95. The van der Waals surface area contributed by atoms with Gasteiger partial charge in [0.1, 0.15) is 11.4 Å². The number of halogens is 1. The van der Waals surface area contributed by atoms with Crippen LogP contribution >= 0.6 is 0 Å². The van der Waals surface area contributed by atoms with E-state index in [-0.39, 0.29) is 28.9 Å². The third-order valence-electron chi connectivity index (χ3n) is 5.79. The summed E-state index contributed by atoms with van der Waals surface area (Å²) in [5, 5.41) is 3.12. The van der Waals surface area contributed by atoms with Gasteiger partial charge in [-0.3, -0.25) is 19.1 Å². The highest BCUT2D eigenvalue weighted by Gasteiger charge is 2.35. The fourth-order valence-corrected chi connectivity index (χ4v) is 4.41. The van der Waals surface area contributed by atoms with Crippen molar-refractivity contribution in [1.29, 1.82) is 0 Å².